The zero-order valence-electron chi connectivity index (χ0n) is 36.8. The molecule has 0 aliphatic heterocycles. The molecule has 8 nitrogen and oxygen atoms in total. The van der Waals surface area contributed by atoms with Crippen LogP contribution in [0, 0.1) is 0 Å². The molecule has 1 N–H and O–H groups in total. The van der Waals surface area contributed by atoms with Crippen molar-refractivity contribution in [2.45, 2.75) is 199 Å². The first-order chi connectivity index (χ1) is 27.1. The summed E-state index contributed by atoms with van der Waals surface area (Å²) in [5, 5.41) is 9.62. The third-order valence-corrected chi connectivity index (χ3v) is 9.98. The van der Waals surface area contributed by atoms with Gasteiger partial charge in [0.15, 0.2) is 12.1 Å². The van der Waals surface area contributed by atoms with E-state index >= 15 is 0 Å². The van der Waals surface area contributed by atoms with Gasteiger partial charge in [0.25, 0.3) is 0 Å². The number of esters is 2. The highest BCUT2D eigenvalue weighted by Crippen LogP contribution is 2.15. The lowest BCUT2D eigenvalue weighted by Gasteiger charge is -2.31. The van der Waals surface area contributed by atoms with Gasteiger partial charge in [-0.3, -0.25) is 9.59 Å². The monoisotopic (exact) mass is 789 g/mol. The minimum absolute atomic E-state index is 0.0452. The maximum absolute atomic E-state index is 12.7. The molecule has 0 spiro atoms. The Morgan fingerprint density at radius 3 is 1.45 bits per heavy atom. The van der Waals surface area contributed by atoms with Gasteiger partial charge in [-0.15, -0.1) is 0 Å². The topological polar surface area (TPSA) is 99.1 Å². The first kappa shape index (κ1) is 53.3. The summed E-state index contributed by atoms with van der Waals surface area (Å²) in [6, 6.07) is -0.622. The average Bonchev–Trinajstić information content (AvgIpc) is 3.15. The van der Waals surface area contributed by atoms with Gasteiger partial charge in [0.1, 0.15) is 6.61 Å². The summed E-state index contributed by atoms with van der Waals surface area (Å²) in [4.78, 5) is 37.0. The maximum atomic E-state index is 12.7. The maximum Gasteiger partial charge on any atom is 0.362 e. The molecule has 0 aliphatic rings. The number of ether oxygens (including phenoxy) is 3. The second-order valence-electron chi connectivity index (χ2n) is 16.3. The zero-order valence-corrected chi connectivity index (χ0v) is 36.8. The molecule has 56 heavy (non-hydrogen) atoms. The molecule has 0 fully saturated rings. The lowest BCUT2D eigenvalue weighted by molar-refractivity contribution is -0.887. The van der Waals surface area contributed by atoms with Crippen molar-refractivity contribution in [2.75, 3.05) is 41.0 Å². The molecule has 0 aromatic rings. The van der Waals surface area contributed by atoms with Crippen molar-refractivity contribution in [3.8, 4) is 0 Å². The number of likely N-dealkylation sites (N-methyl/N-ethyl adjacent to an activating group) is 1. The van der Waals surface area contributed by atoms with Crippen LogP contribution >= 0.6 is 0 Å². The van der Waals surface area contributed by atoms with E-state index in [2.05, 4.69) is 62.5 Å². The number of allylic oxidation sites excluding steroid dienone is 8. The number of carboxylic acid groups (broad SMARTS) is 1. The number of hydrogen-bond donors (Lipinski definition) is 1. The average molecular weight is 789 g/mol. The van der Waals surface area contributed by atoms with Crippen LogP contribution in [0.15, 0.2) is 48.6 Å². The Balaban J connectivity index is 4.42. The molecule has 0 aromatic carbocycles. The second-order valence-corrected chi connectivity index (χ2v) is 16.3. The van der Waals surface area contributed by atoms with E-state index in [0.29, 0.717) is 19.3 Å². The van der Waals surface area contributed by atoms with Gasteiger partial charge in [-0.25, -0.2) is 4.79 Å². The van der Waals surface area contributed by atoms with E-state index in [1.54, 1.807) is 0 Å². The van der Waals surface area contributed by atoms with E-state index in [1.807, 2.05) is 21.1 Å². The summed E-state index contributed by atoms with van der Waals surface area (Å²) < 4.78 is 17.2. The number of quaternary nitrogens is 1. The third kappa shape index (κ3) is 36.9. The van der Waals surface area contributed by atoms with E-state index in [0.717, 1.165) is 44.9 Å². The van der Waals surface area contributed by atoms with Crippen LogP contribution in [0.5, 0.6) is 0 Å². The number of carbonyl (C=O) groups is 3. The van der Waals surface area contributed by atoms with E-state index in [-0.39, 0.29) is 42.7 Å². The molecular weight excluding hydrogens is 703 g/mol. The molecule has 0 saturated heterocycles. The standard InChI is InChI=1S/C48H85NO7/c1-6-8-10-12-14-16-18-20-22-23-25-26-28-30-32-34-36-38-46(50)55-43-44(42-54-41-40-45(48(52)53)49(3,4)5)56-47(51)39-37-35-33-31-29-27-24-21-19-17-15-13-11-9-7-2/h14,16,20,22,25-26,30,32,44-45H,6-13,15,17-19,21,23-24,27-29,31,33-43H2,1-5H3/p+1/b16-14+,22-20+,26-25+,32-30+. The van der Waals surface area contributed by atoms with Crippen molar-refractivity contribution in [1.29, 1.82) is 0 Å². The van der Waals surface area contributed by atoms with Gasteiger partial charge in [0, 0.05) is 19.3 Å². The molecule has 0 saturated carbocycles. The molecule has 2 unspecified atom stereocenters. The Bertz CT molecular complexity index is 1060. The number of carbonyl (C=O) groups excluding carboxylic acids is 2. The minimum Gasteiger partial charge on any atom is -0.477 e. The van der Waals surface area contributed by atoms with Crippen LogP contribution in [-0.4, -0.2) is 80.6 Å². The summed E-state index contributed by atoms with van der Waals surface area (Å²) in [5.74, 6) is -1.53. The highest BCUT2D eigenvalue weighted by Gasteiger charge is 2.31. The van der Waals surface area contributed by atoms with E-state index in [9.17, 15) is 19.5 Å². The molecule has 0 rings (SSSR count). The summed E-state index contributed by atoms with van der Waals surface area (Å²) >= 11 is 0. The Hall–Kier alpha value is -2.71. The van der Waals surface area contributed by atoms with Crippen LogP contribution in [0.4, 0.5) is 0 Å². The SMILES string of the molecule is CCCCC/C=C/C/C=C/C/C=C/C/C=C/CCCC(=O)OCC(COCCC(C(=O)O)[N+](C)(C)C)OC(=O)CCCCCCCCCCCCCCCCC. The molecule has 0 heterocycles. The first-order valence-electron chi connectivity index (χ1n) is 22.7. The van der Waals surface area contributed by atoms with E-state index in [4.69, 9.17) is 14.2 Å². The molecule has 0 bridgehead atoms. The van der Waals surface area contributed by atoms with Gasteiger partial charge >= 0.3 is 17.9 Å². The van der Waals surface area contributed by atoms with Crippen LogP contribution in [0.2, 0.25) is 0 Å². The molecule has 0 amide bonds. The smallest absolute Gasteiger partial charge is 0.362 e. The van der Waals surface area contributed by atoms with Crippen molar-refractivity contribution in [2.24, 2.45) is 0 Å². The Kier molecular flexibility index (Phi) is 37.2. The van der Waals surface area contributed by atoms with Gasteiger partial charge in [0.2, 0.25) is 0 Å². The third-order valence-electron chi connectivity index (χ3n) is 9.98. The van der Waals surface area contributed by atoms with E-state index in [1.165, 1.54) is 103 Å². The van der Waals surface area contributed by atoms with E-state index < -0.39 is 18.1 Å². The van der Waals surface area contributed by atoms with Crippen molar-refractivity contribution in [3.05, 3.63) is 48.6 Å². The predicted octanol–water partition coefficient (Wildman–Crippen LogP) is 12.4. The van der Waals surface area contributed by atoms with Crippen molar-refractivity contribution < 1.29 is 38.2 Å². The lowest BCUT2D eigenvalue weighted by Crippen LogP contribution is -2.50. The molecule has 0 aromatic heterocycles. The molecule has 2 atom stereocenters. The largest absolute Gasteiger partial charge is 0.477 e. The number of nitrogens with zero attached hydrogens (tertiary/aromatic N) is 1. The second kappa shape index (κ2) is 39.1. The molecule has 0 radical (unpaired) electrons. The molecule has 324 valence electrons. The normalized spacial score (nSPS) is 13.4. The van der Waals surface area contributed by atoms with Gasteiger partial charge in [0.05, 0.1) is 34.4 Å². The fourth-order valence-corrected chi connectivity index (χ4v) is 6.44. The van der Waals surface area contributed by atoms with Crippen LogP contribution in [0.1, 0.15) is 187 Å². The zero-order chi connectivity index (χ0) is 41.4. The molecule has 8 heteroatoms. The number of unbranched alkanes of at least 4 members (excludes halogenated alkanes) is 18. The Morgan fingerprint density at radius 2 is 0.964 bits per heavy atom. The van der Waals surface area contributed by atoms with Gasteiger partial charge in [-0.05, 0) is 51.4 Å². The van der Waals surface area contributed by atoms with Crippen molar-refractivity contribution in [1.82, 2.24) is 0 Å². The number of aliphatic carboxylic acids is 1. The van der Waals surface area contributed by atoms with Crippen LogP contribution in [-0.2, 0) is 28.6 Å². The fraction of sp³-hybridized carbons (Fsp3) is 0.771. The summed E-state index contributed by atoms with van der Waals surface area (Å²) in [6.45, 7) is 4.66. The fourth-order valence-electron chi connectivity index (χ4n) is 6.44. The van der Waals surface area contributed by atoms with Gasteiger partial charge in [-0.1, -0.05) is 165 Å². The predicted molar refractivity (Wildman–Crippen MR) is 234 cm³/mol. The first-order valence-corrected chi connectivity index (χ1v) is 22.7. The Morgan fingerprint density at radius 1 is 0.536 bits per heavy atom. The van der Waals surface area contributed by atoms with Crippen LogP contribution < -0.4 is 0 Å². The summed E-state index contributed by atoms with van der Waals surface area (Å²) in [5.41, 5.74) is 0. The van der Waals surface area contributed by atoms with Crippen LogP contribution in [0.3, 0.4) is 0 Å². The highest BCUT2D eigenvalue weighted by molar-refractivity contribution is 5.72. The van der Waals surface area contributed by atoms with Crippen molar-refractivity contribution >= 4 is 17.9 Å². The van der Waals surface area contributed by atoms with Gasteiger partial charge < -0.3 is 23.8 Å². The van der Waals surface area contributed by atoms with Crippen molar-refractivity contribution in [3.63, 3.8) is 0 Å². The summed E-state index contributed by atoms with van der Waals surface area (Å²) in [6.07, 6.45) is 45.8. The summed E-state index contributed by atoms with van der Waals surface area (Å²) in [7, 11) is 5.51. The minimum atomic E-state index is -0.882. The molecular formula is C48H86NO7+. The quantitative estimate of drug-likeness (QED) is 0.0286. The van der Waals surface area contributed by atoms with Gasteiger partial charge in [-0.2, -0.15) is 0 Å². The number of rotatable bonds is 40. The highest BCUT2D eigenvalue weighted by atomic mass is 16.6. The lowest BCUT2D eigenvalue weighted by atomic mass is 10.0. The Labute approximate surface area is 344 Å². The molecule has 0 aliphatic carbocycles. The van der Waals surface area contributed by atoms with Crippen LogP contribution in [0.25, 0.3) is 0 Å². The number of hydrogen-bond acceptors (Lipinski definition) is 6. The number of carboxylic acids is 1.